The van der Waals surface area contributed by atoms with Crippen molar-refractivity contribution < 1.29 is 17.9 Å². The zero-order valence-electron chi connectivity index (χ0n) is 19.3. The van der Waals surface area contributed by atoms with Gasteiger partial charge < -0.3 is 19.9 Å². The van der Waals surface area contributed by atoms with Crippen LogP contribution in [0, 0.1) is 0 Å². The molecule has 0 radical (unpaired) electrons. The Morgan fingerprint density at radius 3 is 2.21 bits per heavy atom. The SMILES string of the molecule is COc1ccc(S(=O)(=O)N2CCCCC2)cc1C(=O)Nc1ccc(N2CCN(C)CC2)cc1. The van der Waals surface area contributed by atoms with Crippen molar-refractivity contribution in [2.24, 2.45) is 0 Å². The highest BCUT2D eigenvalue weighted by atomic mass is 32.2. The Bertz CT molecular complexity index is 1070. The second kappa shape index (κ2) is 10.1. The van der Waals surface area contributed by atoms with E-state index in [-0.39, 0.29) is 10.5 Å². The molecule has 2 aliphatic rings. The van der Waals surface area contributed by atoms with Gasteiger partial charge in [-0.1, -0.05) is 6.42 Å². The number of anilines is 2. The molecule has 2 aromatic carbocycles. The van der Waals surface area contributed by atoms with Crippen LogP contribution in [0.25, 0.3) is 0 Å². The van der Waals surface area contributed by atoms with Crippen molar-refractivity contribution in [3.63, 3.8) is 0 Å². The number of amides is 1. The molecule has 2 fully saturated rings. The van der Waals surface area contributed by atoms with Crippen molar-refractivity contribution >= 4 is 27.3 Å². The van der Waals surface area contributed by atoms with Crippen LogP contribution >= 0.6 is 0 Å². The van der Waals surface area contributed by atoms with E-state index in [2.05, 4.69) is 22.2 Å². The van der Waals surface area contributed by atoms with Gasteiger partial charge in [-0.3, -0.25) is 4.79 Å². The van der Waals surface area contributed by atoms with Crippen molar-refractivity contribution in [2.45, 2.75) is 24.2 Å². The molecule has 1 amide bonds. The zero-order chi connectivity index (χ0) is 23.4. The Morgan fingerprint density at radius 2 is 1.58 bits per heavy atom. The lowest BCUT2D eigenvalue weighted by Crippen LogP contribution is -2.44. The standard InChI is InChI=1S/C24H32N4O4S/c1-26-14-16-27(17-15-26)20-8-6-19(7-9-20)25-24(29)22-18-21(10-11-23(22)32-2)33(30,31)28-12-4-3-5-13-28/h6-11,18H,3-5,12-17H2,1-2H3,(H,25,29). The number of benzene rings is 2. The van der Waals surface area contributed by atoms with E-state index >= 15 is 0 Å². The van der Waals surface area contributed by atoms with E-state index < -0.39 is 15.9 Å². The summed E-state index contributed by atoms with van der Waals surface area (Å²) >= 11 is 0. The molecule has 0 aliphatic carbocycles. The Kier molecular flexibility index (Phi) is 7.21. The van der Waals surface area contributed by atoms with Crippen molar-refractivity contribution in [2.75, 3.05) is 63.6 Å². The van der Waals surface area contributed by atoms with Crippen LogP contribution in [0.4, 0.5) is 11.4 Å². The molecule has 0 atom stereocenters. The number of carbonyl (C=O) groups excluding carboxylic acids is 1. The van der Waals surface area contributed by atoms with Crippen LogP contribution in [0.3, 0.4) is 0 Å². The van der Waals surface area contributed by atoms with Gasteiger partial charge >= 0.3 is 0 Å². The van der Waals surface area contributed by atoms with E-state index in [1.165, 1.54) is 23.5 Å². The lowest BCUT2D eigenvalue weighted by Gasteiger charge is -2.34. The third kappa shape index (κ3) is 5.31. The van der Waals surface area contributed by atoms with Crippen LogP contribution in [0.15, 0.2) is 47.4 Å². The third-order valence-electron chi connectivity index (χ3n) is 6.36. The molecule has 0 aromatic heterocycles. The van der Waals surface area contributed by atoms with Crippen LogP contribution < -0.4 is 15.0 Å². The number of likely N-dealkylation sites (N-methyl/N-ethyl adjacent to an activating group) is 1. The lowest BCUT2D eigenvalue weighted by molar-refractivity contribution is 0.102. The number of hydrogen-bond donors (Lipinski definition) is 1. The molecule has 9 heteroatoms. The van der Waals surface area contributed by atoms with Crippen molar-refractivity contribution in [1.29, 1.82) is 0 Å². The monoisotopic (exact) mass is 472 g/mol. The zero-order valence-corrected chi connectivity index (χ0v) is 20.1. The number of piperidine rings is 1. The topological polar surface area (TPSA) is 82.2 Å². The molecule has 33 heavy (non-hydrogen) atoms. The fraction of sp³-hybridized carbons (Fsp3) is 0.458. The quantitative estimate of drug-likeness (QED) is 0.696. The molecule has 8 nitrogen and oxygen atoms in total. The van der Waals surface area contributed by atoms with Crippen LogP contribution in [0.5, 0.6) is 5.75 Å². The highest BCUT2D eigenvalue weighted by molar-refractivity contribution is 7.89. The highest BCUT2D eigenvalue weighted by Gasteiger charge is 2.27. The van der Waals surface area contributed by atoms with Gasteiger partial charge in [0.25, 0.3) is 5.91 Å². The minimum Gasteiger partial charge on any atom is -0.496 e. The van der Waals surface area contributed by atoms with E-state index in [4.69, 9.17) is 4.74 Å². The van der Waals surface area contributed by atoms with Gasteiger partial charge in [-0.2, -0.15) is 4.31 Å². The van der Waals surface area contributed by atoms with E-state index in [9.17, 15) is 13.2 Å². The minimum atomic E-state index is -3.65. The van der Waals surface area contributed by atoms with Gasteiger partial charge in [0.05, 0.1) is 17.6 Å². The number of carbonyl (C=O) groups is 1. The van der Waals surface area contributed by atoms with Crippen LogP contribution in [0.2, 0.25) is 0 Å². The van der Waals surface area contributed by atoms with Gasteiger partial charge in [-0.25, -0.2) is 8.42 Å². The summed E-state index contributed by atoms with van der Waals surface area (Å²) in [6, 6.07) is 12.2. The number of nitrogens with one attached hydrogen (secondary N) is 1. The Hall–Kier alpha value is -2.62. The predicted octanol–water partition coefficient (Wildman–Crippen LogP) is 2.87. The Morgan fingerprint density at radius 1 is 0.909 bits per heavy atom. The van der Waals surface area contributed by atoms with E-state index in [0.29, 0.717) is 24.5 Å². The molecule has 1 N–H and O–H groups in total. The average molecular weight is 473 g/mol. The first-order valence-corrected chi connectivity index (χ1v) is 12.9. The van der Waals surface area contributed by atoms with Crippen molar-refractivity contribution in [3.8, 4) is 5.75 Å². The van der Waals surface area contributed by atoms with Crippen molar-refractivity contribution in [1.82, 2.24) is 9.21 Å². The first kappa shape index (κ1) is 23.5. The lowest BCUT2D eigenvalue weighted by atomic mass is 10.1. The highest BCUT2D eigenvalue weighted by Crippen LogP contribution is 2.27. The van der Waals surface area contributed by atoms with Gasteiger partial charge in [0.1, 0.15) is 5.75 Å². The molecule has 178 valence electrons. The summed E-state index contributed by atoms with van der Waals surface area (Å²) in [6.45, 7) is 5.00. The number of rotatable bonds is 6. The van der Waals surface area contributed by atoms with Gasteiger partial charge in [0.2, 0.25) is 10.0 Å². The van der Waals surface area contributed by atoms with Crippen LogP contribution in [-0.2, 0) is 10.0 Å². The summed E-state index contributed by atoms with van der Waals surface area (Å²) in [4.78, 5) is 17.8. The molecule has 0 saturated carbocycles. The molecule has 2 aromatic rings. The summed E-state index contributed by atoms with van der Waals surface area (Å²) in [5.74, 6) is -0.0750. The third-order valence-corrected chi connectivity index (χ3v) is 8.26. The van der Waals surface area contributed by atoms with Gasteiger partial charge in [0, 0.05) is 50.6 Å². The number of piperazine rings is 1. The number of ether oxygens (including phenoxy) is 1. The molecular formula is C24H32N4O4S. The van der Waals surface area contributed by atoms with Gasteiger partial charge in [-0.05, 0) is 62.4 Å². The first-order valence-electron chi connectivity index (χ1n) is 11.4. The summed E-state index contributed by atoms with van der Waals surface area (Å²) in [5.41, 5.74) is 1.95. The Labute approximate surface area is 196 Å². The smallest absolute Gasteiger partial charge is 0.259 e. The van der Waals surface area contributed by atoms with Crippen LogP contribution in [0.1, 0.15) is 29.6 Å². The molecule has 4 rings (SSSR count). The minimum absolute atomic E-state index is 0.112. The molecule has 2 aliphatic heterocycles. The summed E-state index contributed by atoms with van der Waals surface area (Å²) in [5, 5.41) is 2.87. The van der Waals surface area contributed by atoms with Gasteiger partial charge in [-0.15, -0.1) is 0 Å². The fourth-order valence-corrected chi connectivity index (χ4v) is 5.84. The molecule has 0 bridgehead atoms. The van der Waals surface area contributed by atoms with E-state index in [1.54, 1.807) is 6.07 Å². The molecule has 0 unspecified atom stereocenters. The number of nitrogens with zero attached hydrogens (tertiary/aromatic N) is 3. The maximum absolute atomic E-state index is 13.1. The fourth-order valence-electron chi connectivity index (χ4n) is 4.30. The largest absolute Gasteiger partial charge is 0.496 e. The number of sulfonamides is 1. The van der Waals surface area contributed by atoms with Crippen molar-refractivity contribution in [3.05, 3.63) is 48.0 Å². The van der Waals surface area contributed by atoms with Gasteiger partial charge in [0.15, 0.2) is 0 Å². The summed E-state index contributed by atoms with van der Waals surface area (Å²) < 4.78 is 33.0. The predicted molar refractivity (Wildman–Crippen MR) is 130 cm³/mol. The summed E-state index contributed by atoms with van der Waals surface area (Å²) in [7, 11) is -0.0590. The number of methoxy groups -OCH3 is 1. The summed E-state index contributed by atoms with van der Waals surface area (Å²) in [6.07, 6.45) is 2.75. The maximum Gasteiger partial charge on any atom is 0.259 e. The molecular weight excluding hydrogens is 440 g/mol. The second-order valence-electron chi connectivity index (χ2n) is 8.62. The normalized spacial score (nSPS) is 18.2. The Balaban J connectivity index is 1.51. The first-order chi connectivity index (χ1) is 15.9. The average Bonchev–Trinajstić information content (AvgIpc) is 2.85. The molecule has 2 heterocycles. The molecule has 2 saturated heterocycles. The van der Waals surface area contributed by atoms with Crippen LogP contribution in [-0.4, -0.2) is 77.0 Å². The maximum atomic E-state index is 13.1. The second-order valence-corrected chi connectivity index (χ2v) is 10.6. The number of hydrogen-bond acceptors (Lipinski definition) is 6. The van der Waals surface area contributed by atoms with E-state index in [1.807, 2.05) is 24.3 Å². The van der Waals surface area contributed by atoms with E-state index in [0.717, 1.165) is 51.1 Å². The molecule has 0 spiro atoms.